The Balaban J connectivity index is 2.25. The molecule has 0 spiro atoms. The maximum absolute atomic E-state index is 12.8. The number of nitrogens with zero attached hydrogens (tertiary/aromatic N) is 1. The lowest BCUT2D eigenvalue weighted by Gasteiger charge is -2.31. The molecule has 0 aliphatic carbocycles. The third kappa shape index (κ3) is 3.99. The van der Waals surface area contributed by atoms with Crippen LogP contribution in [0.2, 0.25) is 0 Å². The first-order valence-corrected chi connectivity index (χ1v) is 9.72. The molecule has 1 aliphatic heterocycles. The highest BCUT2D eigenvalue weighted by molar-refractivity contribution is 9.10. The maximum Gasteiger partial charge on any atom is 0.244 e. The Morgan fingerprint density at radius 2 is 2.24 bits per heavy atom. The average molecular weight is 397 g/mol. The summed E-state index contributed by atoms with van der Waals surface area (Å²) in [4.78, 5) is 0.286. The van der Waals surface area contributed by atoms with E-state index in [1.807, 2.05) is 6.92 Å². The van der Waals surface area contributed by atoms with Gasteiger partial charge in [0, 0.05) is 30.0 Å². The van der Waals surface area contributed by atoms with Crippen LogP contribution in [-0.4, -0.2) is 38.5 Å². The fourth-order valence-corrected chi connectivity index (χ4v) is 5.23. The summed E-state index contributed by atoms with van der Waals surface area (Å²) < 4.78 is 33.2. The van der Waals surface area contributed by atoms with Gasteiger partial charge < -0.3 is 4.74 Å². The lowest BCUT2D eigenvalue weighted by molar-refractivity contribution is 0.0265. The van der Waals surface area contributed by atoms with Crippen LogP contribution in [0, 0.1) is 0 Å². The second kappa shape index (κ2) is 7.42. The third-order valence-corrected chi connectivity index (χ3v) is 6.66. The zero-order chi connectivity index (χ0) is 15.5. The van der Waals surface area contributed by atoms with Crippen molar-refractivity contribution in [3.8, 4) is 0 Å². The molecular formula is C14H19BrClNO3S. The number of ether oxygens (including phenoxy) is 1. The maximum atomic E-state index is 12.8. The van der Waals surface area contributed by atoms with Gasteiger partial charge in [-0.1, -0.05) is 6.07 Å². The van der Waals surface area contributed by atoms with Gasteiger partial charge in [0.1, 0.15) is 0 Å². The van der Waals surface area contributed by atoms with Crippen LogP contribution in [0.3, 0.4) is 0 Å². The molecule has 1 aliphatic rings. The zero-order valence-electron chi connectivity index (χ0n) is 11.9. The van der Waals surface area contributed by atoms with E-state index in [1.165, 1.54) is 4.31 Å². The normalized spacial score (nSPS) is 20.6. The number of benzene rings is 1. The molecule has 21 heavy (non-hydrogen) atoms. The minimum Gasteiger partial charge on any atom is -0.377 e. The third-order valence-electron chi connectivity index (χ3n) is 3.51. The Morgan fingerprint density at radius 3 is 2.86 bits per heavy atom. The van der Waals surface area contributed by atoms with E-state index in [4.69, 9.17) is 16.3 Å². The molecule has 0 bridgehead atoms. The number of rotatable bonds is 5. The number of halogens is 2. The van der Waals surface area contributed by atoms with Gasteiger partial charge in [-0.2, -0.15) is 4.31 Å². The second-order valence-electron chi connectivity index (χ2n) is 4.98. The molecule has 0 N–H and O–H groups in total. The van der Waals surface area contributed by atoms with Gasteiger partial charge in [-0.05, 0) is 53.4 Å². The lowest BCUT2D eigenvalue weighted by atomic mass is 10.1. The van der Waals surface area contributed by atoms with Gasteiger partial charge in [-0.3, -0.25) is 0 Å². The molecule has 1 unspecified atom stereocenters. The van der Waals surface area contributed by atoms with Crippen LogP contribution < -0.4 is 0 Å². The molecule has 118 valence electrons. The van der Waals surface area contributed by atoms with Gasteiger partial charge in [0.25, 0.3) is 0 Å². The molecule has 0 amide bonds. The summed E-state index contributed by atoms with van der Waals surface area (Å²) in [6.45, 7) is 3.48. The van der Waals surface area contributed by atoms with Crippen molar-refractivity contribution in [3.05, 3.63) is 28.2 Å². The minimum atomic E-state index is -3.51. The van der Waals surface area contributed by atoms with Crippen LogP contribution in [0.1, 0.15) is 25.3 Å². The van der Waals surface area contributed by atoms with Crippen LogP contribution in [-0.2, 0) is 20.6 Å². The summed E-state index contributed by atoms with van der Waals surface area (Å²) in [6, 6.07) is 5.11. The summed E-state index contributed by atoms with van der Waals surface area (Å²) in [6.07, 6.45) is 1.72. The van der Waals surface area contributed by atoms with Gasteiger partial charge in [0.15, 0.2) is 0 Å². The van der Waals surface area contributed by atoms with E-state index in [1.54, 1.807) is 18.2 Å². The molecule has 4 nitrogen and oxygen atoms in total. The van der Waals surface area contributed by atoms with Gasteiger partial charge in [0.05, 0.1) is 11.0 Å². The number of piperidine rings is 1. The van der Waals surface area contributed by atoms with Crippen LogP contribution in [0.5, 0.6) is 0 Å². The Kier molecular flexibility index (Phi) is 6.08. The predicted molar refractivity (Wildman–Crippen MR) is 87.1 cm³/mol. The monoisotopic (exact) mass is 395 g/mol. The molecule has 7 heteroatoms. The van der Waals surface area contributed by atoms with Crippen LogP contribution in [0.25, 0.3) is 0 Å². The summed E-state index contributed by atoms with van der Waals surface area (Å²) >= 11 is 9.11. The van der Waals surface area contributed by atoms with Crippen LogP contribution >= 0.6 is 27.5 Å². The first-order chi connectivity index (χ1) is 9.98. The fourth-order valence-electron chi connectivity index (χ4n) is 2.47. The highest BCUT2D eigenvalue weighted by atomic mass is 79.9. The summed E-state index contributed by atoms with van der Waals surface area (Å²) in [5, 5.41) is 0. The van der Waals surface area contributed by atoms with Crippen molar-refractivity contribution in [3.63, 3.8) is 0 Å². The Hall–Kier alpha value is -0.140. The Labute approximate surface area is 139 Å². The van der Waals surface area contributed by atoms with E-state index >= 15 is 0 Å². The molecule has 0 aromatic heterocycles. The summed E-state index contributed by atoms with van der Waals surface area (Å²) in [5.41, 5.74) is 0.883. The van der Waals surface area contributed by atoms with Crippen molar-refractivity contribution in [1.82, 2.24) is 4.31 Å². The Morgan fingerprint density at radius 1 is 1.48 bits per heavy atom. The first-order valence-electron chi connectivity index (χ1n) is 6.95. The molecule has 2 rings (SSSR count). The highest BCUT2D eigenvalue weighted by Gasteiger charge is 2.31. The number of sulfonamides is 1. The molecular weight excluding hydrogens is 378 g/mol. The van der Waals surface area contributed by atoms with Crippen LogP contribution in [0.4, 0.5) is 0 Å². The molecule has 0 radical (unpaired) electrons. The van der Waals surface area contributed by atoms with E-state index in [0.29, 0.717) is 30.0 Å². The van der Waals surface area contributed by atoms with Crippen molar-refractivity contribution in [1.29, 1.82) is 0 Å². The van der Waals surface area contributed by atoms with E-state index in [9.17, 15) is 8.42 Å². The average Bonchev–Trinajstić information content (AvgIpc) is 2.47. The minimum absolute atomic E-state index is 0.0144. The summed E-state index contributed by atoms with van der Waals surface area (Å²) in [7, 11) is -3.51. The van der Waals surface area contributed by atoms with E-state index in [-0.39, 0.29) is 11.0 Å². The number of hydrogen-bond donors (Lipinski definition) is 0. The molecule has 1 fully saturated rings. The largest absolute Gasteiger partial charge is 0.377 e. The molecule has 1 saturated heterocycles. The standard InChI is InChI=1S/C14H19BrClNO3S/c1-2-20-12-4-3-7-17(10-12)21(18,19)14-6-5-11(9-16)8-13(14)15/h5-6,8,12H,2-4,7,9-10H2,1H3. The van der Waals surface area contributed by atoms with Crippen molar-refractivity contribution >= 4 is 37.6 Å². The smallest absolute Gasteiger partial charge is 0.244 e. The highest BCUT2D eigenvalue weighted by Crippen LogP contribution is 2.29. The SMILES string of the molecule is CCOC1CCCN(S(=O)(=O)c2ccc(CCl)cc2Br)C1. The van der Waals surface area contributed by atoms with Crippen molar-refractivity contribution < 1.29 is 13.2 Å². The van der Waals surface area contributed by atoms with Gasteiger partial charge in [0.2, 0.25) is 10.0 Å². The van der Waals surface area contributed by atoms with Crippen molar-refractivity contribution in [2.45, 2.75) is 36.6 Å². The number of hydrogen-bond acceptors (Lipinski definition) is 3. The molecule has 1 aromatic rings. The Bertz CT molecular complexity index is 592. The van der Waals surface area contributed by atoms with Gasteiger partial charge in [-0.25, -0.2) is 8.42 Å². The first kappa shape index (κ1) is 17.2. The van der Waals surface area contributed by atoms with E-state index < -0.39 is 10.0 Å². The zero-order valence-corrected chi connectivity index (χ0v) is 15.0. The molecule has 1 aromatic carbocycles. The molecule has 0 saturated carbocycles. The molecule has 1 atom stereocenters. The van der Waals surface area contributed by atoms with Crippen LogP contribution in [0.15, 0.2) is 27.6 Å². The predicted octanol–water partition coefficient (Wildman–Crippen LogP) is 3.38. The second-order valence-corrected chi connectivity index (χ2v) is 8.01. The van der Waals surface area contributed by atoms with E-state index in [2.05, 4.69) is 15.9 Å². The quantitative estimate of drug-likeness (QED) is 0.717. The number of alkyl halides is 1. The van der Waals surface area contributed by atoms with Gasteiger partial charge in [-0.15, -0.1) is 11.6 Å². The lowest BCUT2D eigenvalue weighted by Crippen LogP contribution is -2.43. The summed E-state index contributed by atoms with van der Waals surface area (Å²) in [5.74, 6) is 0.356. The van der Waals surface area contributed by atoms with Crippen molar-refractivity contribution in [2.75, 3.05) is 19.7 Å². The van der Waals surface area contributed by atoms with Gasteiger partial charge >= 0.3 is 0 Å². The van der Waals surface area contributed by atoms with Crippen molar-refractivity contribution in [2.24, 2.45) is 0 Å². The molecule has 1 heterocycles. The fraction of sp³-hybridized carbons (Fsp3) is 0.571. The van der Waals surface area contributed by atoms with E-state index in [0.717, 1.165) is 18.4 Å². The topological polar surface area (TPSA) is 46.6 Å².